The number of rotatable bonds is 7. The van der Waals surface area contributed by atoms with Gasteiger partial charge in [0.1, 0.15) is 17.4 Å². The van der Waals surface area contributed by atoms with Gasteiger partial charge in [0.2, 0.25) is 17.7 Å². The number of amides is 3. The number of ether oxygens (including phenoxy) is 2. The number of benzene rings is 1. The summed E-state index contributed by atoms with van der Waals surface area (Å²) in [7, 11) is 0. The summed E-state index contributed by atoms with van der Waals surface area (Å²) in [5.74, 6) is -0.773. The third-order valence-corrected chi connectivity index (χ3v) is 8.68. The summed E-state index contributed by atoms with van der Waals surface area (Å²) < 4.78 is 11.9. The van der Waals surface area contributed by atoms with Crippen LogP contribution in [0.15, 0.2) is 36.4 Å². The Morgan fingerprint density at radius 2 is 1.86 bits per heavy atom. The number of hydrogen-bond donors (Lipinski definition) is 2. The van der Waals surface area contributed by atoms with E-state index in [2.05, 4.69) is 17.6 Å². The van der Waals surface area contributed by atoms with Gasteiger partial charge >= 0.3 is 0 Å². The van der Waals surface area contributed by atoms with Gasteiger partial charge in [0, 0.05) is 17.8 Å². The topological polar surface area (TPSA) is 97.0 Å². The Morgan fingerprint density at radius 1 is 1.11 bits per heavy atom. The minimum Gasteiger partial charge on any atom is -0.494 e. The van der Waals surface area contributed by atoms with Crippen LogP contribution in [0.4, 0.5) is 5.69 Å². The largest absolute Gasteiger partial charge is 0.494 e. The van der Waals surface area contributed by atoms with E-state index in [0.29, 0.717) is 18.2 Å². The van der Waals surface area contributed by atoms with Gasteiger partial charge in [-0.3, -0.25) is 14.4 Å². The number of nitrogens with one attached hydrogen (secondary N) is 2. The molecule has 4 fully saturated rings. The Morgan fingerprint density at radius 3 is 2.56 bits per heavy atom. The van der Waals surface area contributed by atoms with Gasteiger partial charge in [-0.25, -0.2) is 0 Å². The second-order valence-electron chi connectivity index (χ2n) is 11.0. The van der Waals surface area contributed by atoms with Crippen molar-refractivity contribution in [2.45, 2.75) is 82.2 Å². The van der Waals surface area contributed by atoms with Crippen molar-refractivity contribution >= 4 is 23.4 Å². The molecule has 2 N–H and O–H groups in total. The Balaban J connectivity index is 1.25. The average Bonchev–Trinajstić information content (AvgIpc) is 3.46. The fraction of sp³-hybridized carbons (Fsp3) is 0.607. The Labute approximate surface area is 211 Å². The highest BCUT2D eigenvalue weighted by atomic mass is 16.5. The monoisotopic (exact) mass is 493 g/mol. The number of anilines is 1. The molecule has 192 valence electrons. The molecule has 1 spiro atoms. The van der Waals surface area contributed by atoms with Crippen LogP contribution in [0.1, 0.15) is 52.4 Å². The van der Waals surface area contributed by atoms with Crippen LogP contribution in [0.3, 0.4) is 0 Å². The van der Waals surface area contributed by atoms with E-state index in [9.17, 15) is 14.4 Å². The first-order valence-electron chi connectivity index (χ1n) is 13.5. The molecule has 3 aliphatic heterocycles. The van der Waals surface area contributed by atoms with Crippen molar-refractivity contribution in [3.05, 3.63) is 36.4 Å². The lowest BCUT2D eigenvalue weighted by Gasteiger charge is -2.36. The van der Waals surface area contributed by atoms with Crippen LogP contribution >= 0.6 is 0 Å². The normalized spacial score (nSPS) is 36.6. The van der Waals surface area contributed by atoms with Crippen molar-refractivity contribution < 1.29 is 23.9 Å². The average molecular weight is 494 g/mol. The van der Waals surface area contributed by atoms with Gasteiger partial charge in [-0.2, -0.15) is 0 Å². The quantitative estimate of drug-likeness (QED) is 0.569. The van der Waals surface area contributed by atoms with Crippen molar-refractivity contribution in [1.82, 2.24) is 10.2 Å². The van der Waals surface area contributed by atoms with Crippen molar-refractivity contribution in [1.29, 1.82) is 0 Å². The van der Waals surface area contributed by atoms with Crippen LogP contribution in [0, 0.1) is 17.8 Å². The number of nitrogens with zero attached hydrogens (tertiary/aromatic N) is 1. The lowest BCUT2D eigenvalue weighted by molar-refractivity contribution is -0.142. The Kier molecular flexibility index (Phi) is 5.82. The van der Waals surface area contributed by atoms with Crippen molar-refractivity contribution in [3.8, 4) is 5.75 Å². The number of hydrogen-bond acceptors (Lipinski definition) is 5. The minimum absolute atomic E-state index is 0.0443. The maximum atomic E-state index is 13.8. The molecule has 1 aromatic carbocycles. The summed E-state index contributed by atoms with van der Waals surface area (Å²) >= 11 is 0. The highest BCUT2D eigenvalue weighted by molar-refractivity contribution is 6.03. The minimum atomic E-state index is -1.09. The fourth-order valence-electron chi connectivity index (χ4n) is 6.77. The second-order valence-corrected chi connectivity index (χ2v) is 11.0. The summed E-state index contributed by atoms with van der Waals surface area (Å²) in [6.45, 7) is 4.67. The number of carbonyl (C=O) groups excluding carboxylic acids is 3. The fourth-order valence-corrected chi connectivity index (χ4v) is 6.77. The molecule has 5 aliphatic rings. The smallest absolute Gasteiger partial charge is 0.246 e. The lowest BCUT2D eigenvalue weighted by Crippen LogP contribution is -2.57. The predicted molar refractivity (Wildman–Crippen MR) is 133 cm³/mol. The van der Waals surface area contributed by atoms with Gasteiger partial charge in [0.25, 0.3) is 0 Å². The van der Waals surface area contributed by atoms with Crippen LogP contribution in [-0.2, 0) is 19.1 Å². The molecular weight excluding hydrogens is 458 g/mol. The maximum Gasteiger partial charge on any atom is 0.246 e. The number of carbonyl (C=O) groups is 3. The molecule has 7 unspecified atom stereocenters. The van der Waals surface area contributed by atoms with Crippen molar-refractivity contribution in [2.75, 3.05) is 11.9 Å². The highest BCUT2D eigenvalue weighted by Gasteiger charge is 2.74. The van der Waals surface area contributed by atoms with E-state index >= 15 is 0 Å². The molecule has 2 saturated heterocycles. The third-order valence-electron chi connectivity index (χ3n) is 8.68. The zero-order chi connectivity index (χ0) is 25.0. The van der Waals surface area contributed by atoms with E-state index in [0.717, 1.165) is 37.9 Å². The molecule has 3 amide bonds. The van der Waals surface area contributed by atoms with E-state index in [1.54, 1.807) is 29.2 Å². The van der Waals surface area contributed by atoms with Crippen LogP contribution in [0.2, 0.25) is 0 Å². The van der Waals surface area contributed by atoms with E-state index in [1.807, 2.05) is 19.1 Å². The zero-order valence-electron chi connectivity index (χ0n) is 20.9. The molecule has 0 radical (unpaired) electrons. The van der Waals surface area contributed by atoms with Gasteiger partial charge in [-0.15, -0.1) is 0 Å². The molecule has 6 rings (SSSR count). The van der Waals surface area contributed by atoms with Crippen LogP contribution in [0.5, 0.6) is 5.75 Å². The SMILES string of the molecule is CCOc1ccc(NC(=O)C2C3C=CC4(O3)C2C(=O)N(C2CC2)C4C(=O)NC2CCCCC2C)cc1. The van der Waals surface area contributed by atoms with E-state index in [-0.39, 0.29) is 29.8 Å². The molecule has 3 heterocycles. The lowest BCUT2D eigenvalue weighted by atomic mass is 9.74. The van der Waals surface area contributed by atoms with Crippen LogP contribution < -0.4 is 15.4 Å². The van der Waals surface area contributed by atoms with E-state index in [4.69, 9.17) is 9.47 Å². The molecule has 36 heavy (non-hydrogen) atoms. The predicted octanol–water partition coefficient (Wildman–Crippen LogP) is 3.03. The molecule has 8 nitrogen and oxygen atoms in total. The summed E-state index contributed by atoms with van der Waals surface area (Å²) in [5.41, 5.74) is -0.456. The second kappa shape index (κ2) is 8.91. The summed E-state index contributed by atoms with van der Waals surface area (Å²) in [5, 5.41) is 6.24. The van der Waals surface area contributed by atoms with E-state index < -0.39 is 29.6 Å². The summed E-state index contributed by atoms with van der Waals surface area (Å²) in [6.07, 6.45) is 9.35. The number of fused-ring (bicyclic) bond motifs is 1. The third kappa shape index (κ3) is 3.72. The van der Waals surface area contributed by atoms with Gasteiger partial charge in [0.15, 0.2) is 0 Å². The van der Waals surface area contributed by atoms with Crippen molar-refractivity contribution in [3.63, 3.8) is 0 Å². The van der Waals surface area contributed by atoms with Gasteiger partial charge < -0.3 is 25.0 Å². The van der Waals surface area contributed by atoms with Gasteiger partial charge in [-0.05, 0) is 62.8 Å². The zero-order valence-corrected chi connectivity index (χ0v) is 20.9. The van der Waals surface area contributed by atoms with Gasteiger partial charge in [0.05, 0.1) is 24.5 Å². The molecule has 1 aromatic rings. The van der Waals surface area contributed by atoms with E-state index in [1.165, 1.54) is 6.42 Å². The Bertz CT molecular complexity index is 1080. The first-order chi connectivity index (χ1) is 17.4. The standard InChI is InChI=1S/C28H35N3O5/c1-3-35-19-12-8-17(9-13-19)29-25(32)22-21-14-15-28(36-21)23(22)27(34)31(18-10-11-18)24(28)26(33)30-20-7-5-4-6-16(20)2/h8-9,12-16,18,20-24H,3-7,10-11H2,1-2H3,(H,29,32)(H,30,33). The first-order valence-corrected chi connectivity index (χ1v) is 13.5. The Hall–Kier alpha value is -2.87. The first kappa shape index (κ1) is 23.5. The van der Waals surface area contributed by atoms with Crippen LogP contribution in [-0.4, -0.2) is 59.1 Å². The molecular formula is C28H35N3O5. The number of likely N-dealkylation sites (tertiary alicyclic amines) is 1. The molecule has 2 saturated carbocycles. The molecule has 2 bridgehead atoms. The molecule has 8 heteroatoms. The van der Waals surface area contributed by atoms with Crippen LogP contribution in [0.25, 0.3) is 0 Å². The molecule has 7 atom stereocenters. The molecule has 0 aromatic heterocycles. The highest BCUT2D eigenvalue weighted by Crippen LogP contribution is 2.57. The van der Waals surface area contributed by atoms with Gasteiger partial charge in [-0.1, -0.05) is 31.9 Å². The van der Waals surface area contributed by atoms with Crippen molar-refractivity contribution in [2.24, 2.45) is 17.8 Å². The summed E-state index contributed by atoms with van der Waals surface area (Å²) in [4.78, 5) is 42.9. The molecule has 2 aliphatic carbocycles. The summed E-state index contributed by atoms with van der Waals surface area (Å²) in [6, 6.07) is 6.61. The maximum absolute atomic E-state index is 13.8.